The van der Waals surface area contributed by atoms with Gasteiger partial charge in [-0.3, -0.25) is 0 Å². The molecule has 0 aliphatic heterocycles. The van der Waals surface area contributed by atoms with Gasteiger partial charge in [0, 0.05) is 20.3 Å². The van der Waals surface area contributed by atoms with E-state index in [0.717, 1.165) is 12.8 Å². The molecular formula is C12H22N2O5. The second-order valence-corrected chi connectivity index (χ2v) is 4.58. The van der Waals surface area contributed by atoms with E-state index in [1.54, 1.807) is 7.11 Å². The van der Waals surface area contributed by atoms with Crippen LogP contribution in [-0.4, -0.2) is 56.1 Å². The van der Waals surface area contributed by atoms with Crippen LogP contribution in [0, 0.1) is 0 Å². The predicted octanol–water partition coefficient (Wildman–Crippen LogP) is 0.346. The maximum absolute atomic E-state index is 11.4. The van der Waals surface area contributed by atoms with Gasteiger partial charge in [0.2, 0.25) is 0 Å². The van der Waals surface area contributed by atoms with Gasteiger partial charge in [0.15, 0.2) is 0 Å². The summed E-state index contributed by atoms with van der Waals surface area (Å²) >= 11 is 0. The fraction of sp³-hybridized carbons (Fsp3) is 0.833. The fourth-order valence-electron chi connectivity index (χ4n) is 1.55. The van der Waals surface area contributed by atoms with Crippen molar-refractivity contribution in [3.63, 3.8) is 0 Å². The number of hydrogen-bond acceptors (Lipinski definition) is 4. The lowest BCUT2D eigenvalue weighted by molar-refractivity contribution is -0.140. The number of aliphatic carboxylic acids is 1. The van der Waals surface area contributed by atoms with Crippen molar-refractivity contribution in [1.82, 2.24) is 10.6 Å². The lowest BCUT2D eigenvalue weighted by Crippen LogP contribution is -2.48. The summed E-state index contributed by atoms with van der Waals surface area (Å²) in [5.74, 6) is -0.964. The average molecular weight is 274 g/mol. The Balaban J connectivity index is 1.95. The fourth-order valence-corrected chi connectivity index (χ4v) is 1.55. The van der Waals surface area contributed by atoms with E-state index in [1.807, 2.05) is 0 Å². The number of amides is 2. The van der Waals surface area contributed by atoms with Gasteiger partial charge in [0.1, 0.15) is 5.54 Å². The monoisotopic (exact) mass is 274 g/mol. The van der Waals surface area contributed by atoms with Crippen LogP contribution in [0.15, 0.2) is 0 Å². The molecular weight excluding hydrogens is 252 g/mol. The maximum atomic E-state index is 11.4. The molecule has 0 aromatic carbocycles. The minimum atomic E-state index is -1.02. The molecule has 3 N–H and O–H groups in total. The first-order valence-corrected chi connectivity index (χ1v) is 6.47. The Kier molecular flexibility index (Phi) is 6.58. The van der Waals surface area contributed by atoms with Gasteiger partial charge in [-0.1, -0.05) is 0 Å². The third-order valence-electron chi connectivity index (χ3n) is 2.94. The zero-order valence-corrected chi connectivity index (χ0v) is 11.2. The predicted molar refractivity (Wildman–Crippen MR) is 68.1 cm³/mol. The Morgan fingerprint density at radius 1 is 1.21 bits per heavy atom. The number of methoxy groups -OCH3 is 1. The number of ether oxygens (including phenoxy) is 2. The number of carbonyl (C=O) groups is 2. The van der Waals surface area contributed by atoms with Gasteiger partial charge in [-0.2, -0.15) is 0 Å². The zero-order chi connectivity index (χ0) is 14.1. The highest BCUT2D eigenvalue weighted by Gasteiger charge is 2.51. The molecule has 7 nitrogen and oxygen atoms in total. The lowest BCUT2D eigenvalue weighted by Gasteiger charge is -2.13. The van der Waals surface area contributed by atoms with Gasteiger partial charge >= 0.3 is 12.0 Å². The van der Waals surface area contributed by atoms with E-state index in [1.165, 1.54) is 0 Å². The van der Waals surface area contributed by atoms with Crippen molar-refractivity contribution >= 4 is 12.0 Å². The molecule has 110 valence electrons. The zero-order valence-electron chi connectivity index (χ0n) is 11.2. The first kappa shape index (κ1) is 15.7. The number of unbranched alkanes of at least 4 members (excludes halogenated alkanes) is 1. The van der Waals surface area contributed by atoms with Crippen LogP contribution in [0.5, 0.6) is 0 Å². The summed E-state index contributed by atoms with van der Waals surface area (Å²) in [7, 11) is 1.62. The van der Waals surface area contributed by atoms with E-state index in [2.05, 4.69) is 10.6 Å². The van der Waals surface area contributed by atoms with Gasteiger partial charge in [-0.05, 0) is 25.7 Å². The van der Waals surface area contributed by atoms with Crippen LogP contribution in [0.25, 0.3) is 0 Å². The first-order valence-electron chi connectivity index (χ1n) is 6.47. The number of carboxylic acids is 1. The van der Waals surface area contributed by atoms with Crippen LogP contribution in [0.4, 0.5) is 4.79 Å². The topological polar surface area (TPSA) is 96.9 Å². The Morgan fingerprint density at radius 3 is 2.53 bits per heavy atom. The highest BCUT2D eigenvalue weighted by atomic mass is 16.5. The molecule has 1 fully saturated rings. The molecule has 2 amide bonds. The van der Waals surface area contributed by atoms with Gasteiger partial charge in [0.05, 0.1) is 13.2 Å². The van der Waals surface area contributed by atoms with Crippen LogP contribution in [0.3, 0.4) is 0 Å². The van der Waals surface area contributed by atoms with Crippen molar-refractivity contribution in [3.8, 4) is 0 Å². The van der Waals surface area contributed by atoms with Crippen molar-refractivity contribution in [2.75, 3.05) is 33.5 Å². The number of rotatable bonds is 10. The van der Waals surface area contributed by atoms with E-state index < -0.39 is 17.5 Å². The largest absolute Gasteiger partial charge is 0.480 e. The van der Waals surface area contributed by atoms with Crippen LogP contribution >= 0.6 is 0 Å². The Labute approximate surface area is 112 Å². The first-order chi connectivity index (χ1) is 9.10. The van der Waals surface area contributed by atoms with Crippen LogP contribution in [0.2, 0.25) is 0 Å². The van der Waals surface area contributed by atoms with E-state index in [9.17, 15) is 9.59 Å². The van der Waals surface area contributed by atoms with Crippen LogP contribution in [0.1, 0.15) is 25.7 Å². The number of hydrogen-bond donors (Lipinski definition) is 3. The Bertz CT molecular complexity index is 304. The summed E-state index contributed by atoms with van der Waals surface area (Å²) in [5.41, 5.74) is -1.02. The highest BCUT2D eigenvalue weighted by Crippen LogP contribution is 2.35. The molecule has 0 bridgehead atoms. The van der Waals surface area contributed by atoms with E-state index in [0.29, 0.717) is 39.2 Å². The van der Waals surface area contributed by atoms with Crippen molar-refractivity contribution in [1.29, 1.82) is 0 Å². The smallest absolute Gasteiger partial charge is 0.329 e. The summed E-state index contributed by atoms with van der Waals surface area (Å²) in [6.07, 6.45) is 2.64. The van der Waals surface area contributed by atoms with Gasteiger partial charge < -0.3 is 25.2 Å². The third-order valence-corrected chi connectivity index (χ3v) is 2.94. The molecule has 1 aliphatic rings. The maximum Gasteiger partial charge on any atom is 0.329 e. The Morgan fingerprint density at radius 2 is 1.95 bits per heavy atom. The second kappa shape index (κ2) is 7.96. The number of nitrogens with one attached hydrogen (secondary N) is 2. The number of carbonyl (C=O) groups excluding carboxylic acids is 1. The molecule has 1 rings (SSSR count). The van der Waals surface area contributed by atoms with Gasteiger partial charge in [-0.25, -0.2) is 9.59 Å². The van der Waals surface area contributed by atoms with Crippen molar-refractivity contribution < 1.29 is 24.2 Å². The average Bonchev–Trinajstić information content (AvgIpc) is 3.13. The van der Waals surface area contributed by atoms with E-state index in [4.69, 9.17) is 14.6 Å². The van der Waals surface area contributed by atoms with Gasteiger partial charge in [-0.15, -0.1) is 0 Å². The molecule has 0 radical (unpaired) electrons. The van der Waals surface area contributed by atoms with Crippen LogP contribution < -0.4 is 10.6 Å². The molecule has 19 heavy (non-hydrogen) atoms. The minimum absolute atomic E-state index is 0.416. The third kappa shape index (κ3) is 5.89. The lowest BCUT2D eigenvalue weighted by atomic mass is 10.3. The molecule has 0 aromatic heterocycles. The summed E-state index contributed by atoms with van der Waals surface area (Å²) in [5, 5.41) is 14.0. The number of carboxylic acid groups (broad SMARTS) is 1. The molecule has 1 aliphatic carbocycles. The van der Waals surface area contributed by atoms with E-state index >= 15 is 0 Å². The normalized spacial score (nSPS) is 15.8. The SMILES string of the molecule is COCCOCCCCNC(=O)NC1(C(=O)O)CC1. The van der Waals surface area contributed by atoms with Gasteiger partial charge in [0.25, 0.3) is 0 Å². The Hall–Kier alpha value is -1.34. The highest BCUT2D eigenvalue weighted by molar-refractivity contribution is 5.88. The molecule has 0 aromatic rings. The molecule has 0 spiro atoms. The van der Waals surface area contributed by atoms with E-state index in [-0.39, 0.29) is 0 Å². The van der Waals surface area contributed by atoms with Crippen LogP contribution in [-0.2, 0) is 14.3 Å². The summed E-state index contributed by atoms with van der Waals surface area (Å²) in [4.78, 5) is 22.3. The quantitative estimate of drug-likeness (QED) is 0.499. The standard InChI is InChI=1S/C12H22N2O5/c1-18-8-9-19-7-3-2-6-13-11(17)14-12(4-5-12)10(15)16/h2-9H2,1H3,(H,15,16)(H2,13,14,17). The summed E-state index contributed by atoms with van der Waals surface area (Å²) < 4.78 is 10.1. The molecule has 0 heterocycles. The second-order valence-electron chi connectivity index (χ2n) is 4.58. The summed E-state index contributed by atoms with van der Waals surface area (Å²) in [6, 6.07) is -0.416. The summed E-state index contributed by atoms with van der Waals surface area (Å²) in [6.45, 7) is 2.30. The number of urea groups is 1. The molecule has 0 saturated heterocycles. The van der Waals surface area contributed by atoms with Crippen molar-refractivity contribution in [2.24, 2.45) is 0 Å². The molecule has 0 atom stereocenters. The molecule has 7 heteroatoms. The van der Waals surface area contributed by atoms with Crippen molar-refractivity contribution in [2.45, 2.75) is 31.2 Å². The minimum Gasteiger partial charge on any atom is -0.480 e. The molecule has 0 unspecified atom stereocenters. The molecule has 1 saturated carbocycles. The van der Waals surface area contributed by atoms with Crippen molar-refractivity contribution in [3.05, 3.63) is 0 Å².